The van der Waals surface area contributed by atoms with Crippen LogP contribution in [0.25, 0.3) is 10.8 Å². The fourth-order valence-electron chi connectivity index (χ4n) is 6.80. The molecule has 88 heavy (non-hydrogen) atoms. The first-order valence-electron chi connectivity index (χ1n) is 28.9. The fraction of sp³-hybridized carbons (Fsp3) is 0.292. The van der Waals surface area contributed by atoms with Crippen molar-refractivity contribution in [1.82, 2.24) is 79.2 Å². The fourth-order valence-corrected chi connectivity index (χ4v) is 6.80. The summed E-state index contributed by atoms with van der Waals surface area (Å²) >= 11 is 0. The van der Waals surface area contributed by atoms with E-state index in [1.165, 1.54) is 66.4 Å². The minimum absolute atomic E-state index is 0.829. The van der Waals surface area contributed by atoms with E-state index in [-0.39, 0.29) is 0 Å². The molecule has 16 nitrogen and oxygen atoms in total. The first-order chi connectivity index (χ1) is 41.8. The highest BCUT2D eigenvalue weighted by Crippen LogP contribution is 2.15. The molecule has 16 heteroatoms. The standard InChI is InChI=1S/C10H9N.C8H11N.3C7H9N.2C6H8N2.C6H7N.3C5H8N2/c1-8-6-11-7-9-4-2-3-5-10(8)9;1-6-4-7(2)8(3)9-5-6;1-6-3-7(2)5-8-4-6;2*1-6-3-4-7(2)8-5-6;2*1-5-3-7-6(2)8-4-5;1-6-2-4-7-5-3-6;2*1-5-3-6-7(2)4-5;1-5-3-4-7(2)6-5/h2-7H,1H3;4-5H,1-3H3;3*3-5H,1-2H3;2*3-4H,1-2H3;2-5H,1H3;3*3-4H,1-2H3. The van der Waals surface area contributed by atoms with Gasteiger partial charge in [-0.05, 0) is 227 Å². The molecule has 0 aliphatic heterocycles. The van der Waals surface area contributed by atoms with Gasteiger partial charge >= 0.3 is 0 Å². The van der Waals surface area contributed by atoms with Gasteiger partial charge in [0.05, 0.1) is 18.1 Å². The third-order valence-corrected chi connectivity index (χ3v) is 11.7. The van der Waals surface area contributed by atoms with E-state index in [0.717, 1.165) is 45.6 Å². The quantitative estimate of drug-likeness (QED) is 0.140. The van der Waals surface area contributed by atoms with E-state index in [0.29, 0.717) is 0 Å². The molecule has 0 bridgehead atoms. The normalized spacial score (nSPS) is 9.42. The molecule has 0 saturated carbocycles. The highest BCUT2D eigenvalue weighted by atomic mass is 15.2. The van der Waals surface area contributed by atoms with E-state index in [4.69, 9.17) is 0 Å². The van der Waals surface area contributed by atoms with E-state index in [1.807, 2.05) is 261 Å². The van der Waals surface area contributed by atoms with Crippen molar-refractivity contribution < 1.29 is 0 Å². The van der Waals surface area contributed by atoms with Gasteiger partial charge in [0, 0.05) is 143 Å². The van der Waals surface area contributed by atoms with Crippen LogP contribution in [0, 0.1) is 125 Å². The number of hydrogen-bond acceptors (Lipinski definition) is 13. The van der Waals surface area contributed by atoms with Crippen molar-refractivity contribution >= 4 is 10.8 Å². The Bertz CT molecular complexity index is 3320. The van der Waals surface area contributed by atoms with E-state index < -0.39 is 0 Å². The van der Waals surface area contributed by atoms with Gasteiger partial charge < -0.3 is 0 Å². The molecule has 1 aromatic carbocycles. The first-order valence-corrected chi connectivity index (χ1v) is 28.9. The van der Waals surface area contributed by atoms with E-state index in [1.54, 1.807) is 26.4 Å². The molecule has 462 valence electrons. The summed E-state index contributed by atoms with van der Waals surface area (Å²) in [5, 5.41) is 14.4. The molecule has 0 spiro atoms. The molecule has 0 aliphatic carbocycles. The number of pyridine rings is 6. The lowest BCUT2D eigenvalue weighted by molar-refractivity contribution is 0.756. The van der Waals surface area contributed by atoms with Gasteiger partial charge in [-0.15, -0.1) is 0 Å². The molecule has 0 amide bonds. The van der Waals surface area contributed by atoms with Gasteiger partial charge in [-0.1, -0.05) is 48.5 Å². The first kappa shape index (κ1) is 74.3. The summed E-state index contributed by atoms with van der Waals surface area (Å²) in [6.07, 6.45) is 33.5. The summed E-state index contributed by atoms with van der Waals surface area (Å²) in [4.78, 5) is 40.1. The number of nitrogens with zero attached hydrogens (tertiary/aromatic N) is 16. The SMILES string of the molecule is Cc1ccc(C)nc1.Cc1ccc(C)nc1.Cc1ccn(C)n1.Cc1ccncc1.Cc1cnc(C)c(C)c1.Cc1cnc(C)nc1.Cc1cnc(C)nc1.Cc1cncc(C)c1.Cc1cncc2ccccc12.Cc1cnn(C)c1.Cc1cnn(C)c1. The molecule has 11 aromatic heterocycles. The minimum atomic E-state index is 0.829. The van der Waals surface area contributed by atoms with Gasteiger partial charge in [-0.3, -0.25) is 43.9 Å². The highest BCUT2D eigenvalue weighted by Gasteiger charge is 1.94. The summed E-state index contributed by atoms with van der Waals surface area (Å²) in [6.45, 7) is 36.1. The van der Waals surface area contributed by atoms with Crippen molar-refractivity contribution in [3.8, 4) is 0 Å². The zero-order valence-corrected chi connectivity index (χ0v) is 56.1. The zero-order chi connectivity index (χ0) is 65.4. The molecule has 0 atom stereocenters. The predicted octanol–water partition coefficient (Wildman–Crippen LogP) is 15.4. The lowest BCUT2D eigenvalue weighted by atomic mass is 10.1. The second-order valence-corrected chi connectivity index (χ2v) is 21.2. The topological polar surface area (TPSA) is 182 Å². The number of aryl methyl sites for hydroxylation is 21. The summed E-state index contributed by atoms with van der Waals surface area (Å²) in [5.74, 6) is 1.66. The molecule has 0 unspecified atom stereocenters. The molecule has 12 rings (SSSR count). The smallest absolute Gasteiger partial charge is 0.125 e. The maximum absolute atomic E-state index is 4.18. The number of aromatic nitrogens is 16. The zero-order valence-electron chi connectivity index (χ0n) is 56.1. The monoisotopic (exact) mass is 1180 g/mol. The predicted molar refractivity (Wildman–Crippen MR) is 362 cm³/mol. The summed E-state index contributed by atoms with van der Waals surface area (Å²) < 4.78 is 5.36. The van der Waals surface area contributed by atoms with Crippen LogP contribution >= 0.6 is 0 Å². The molecule has 0 saturated heterocycles. The molecular formula is C72H94N16. The Morgan fingerprint density at radius 1 is 0.295 bits per heavy atom. The number of rotatable bonds is 0. The lowest BCUT2D eigenvalue weighted by Gasteiger charge is -1.98. The third kappa shape index (κ3) is 36.1. The van der Waals surface area contributed by atoms with Crippen LogP contribution < -0.4 is 0 Å². The van der Waals surface area contributed by atoms with Gasteiger partial charge in [0.25, 0.3) is 0 Å². The van der Waals surface area contributed by atoms with Gasteiger partial charge in [0.15, 0.2) is 0 Å². The molecule has 0 aliphatic rings. The van der Waals surface area contributed by atoms with Crippen LogP contribution in [0.5, 0.6) is 0 Å². The summed E-state index contributed by atoms with van der Waals surface area (Å²) in [5.41, 5.74) is 18.9. The maximum Gasteiger partial charge on any atom is 0.125 e. The largest absolute Gasteiger partial charge is 0.276 e. The van der Waals surface area contributed by atoms with Gasteiger partial charge in [0.1, 0.15) is 11.6 Å². The van der Waals surface area contributed by atoms with Crippen LogP contribution in [0.4, 0.5) is 0 Å². The Labute approximate surface area is 524 Å². The van der Waals surface area contributed by atoms with E-state index >= 15 is 0 Å². The Morgan fingerprint density at radius 3 is 1.02 bits per heavy atom. The highest BCUT2D eigenvalue weighted by molar-refractivity contribution is 5.84. The molecule has 0 radical (unpaired) electrons. The van der Waals surface area contributed by atoms with E-state index in [2.05, 4.69) is 128 Å². The molecule has 11 heterocycles. The van der Waals surface area contributed by atoms with Crippen molar-refractivity contribution in [2.24, 2.45) is 21.1 Å². The molecule has 12 aromatic rings. The Balaban J connectivity index is 0.000000331. The number of hydrogen-bond donors (Lipinski definition) is 0. The maximum atomic E-state index is 4.18. The number of benzene rings is 1. The van der Waals surface area contributed by atoms with Crippen LogP contribution in [-0.2, 0) is 21.1 Å². The summed E-state index contributed by atoms with van der Waals surface area (Å²) in [7, 11) is 5.73. The van der Waals surface area contributed by atoms with Crippen LogP contribution in [0.2, 0.25) is 0 Å². The van der Waals surface area contributed by atoms with Crippen LogP contribution in [-0.4, -0.2) is 79.2 Å². The summed E-state index contributed by atoms with van der Waals surface area (Å²) in [6, 6.07) is 26.6. The minimum Gasteiger partial charge on any atom is -0.276 e. The Morgan fingerprint density at radius 2 is 0.739 bits per heavy atom. The van der Waals surface area contributed by atoms with Crippen molar-refractivity contribution in [1.29, 1.82) is 0 Å². The van der Waals surface area contributed by atoms with Crippen LogP contribution in [0.15, 0.2) is 190 Å². The van der Waals surface area contributed by atoms with Crippen molar-refractivity contribution in [3.05, 3.63) is 292 Å². The van der Waals surface area contributed by atoms with Crippen molar-refractivity contribution in [2.45, 2.75) is 125 Å². The number of fused-ring (bicyclic) bond motifs is 1. The van der Waals surface area contributed by atoms with Gasteiger partial charge in [-0.2, -0.15) is 15.3 Å². The van der Waals surface area contributed by atoms with Crippen LogP contribution in [0.3, 0.4) is 0 Å². The Hall–Kier alpha value is -9.83. The van der Waals surface area contributed by atoms with Gasteiger partial charge in [-0.25, -0.2) is 19.9 Å². The molecule has 0 N–H and O–H groups in total. The van der Waals surface area contributed by atoms with Crippen molar-refractivity contribution in [3.63, 3.8) is 0 Å². The second kappa shape index (κ2) is 42.1. The third-order valence-electron chi connectivity index (χ3n) is 11.7. The second-order valence-electron chi connectivity index (χ2n) is 21.2. The molecule has 0 fully saturated rings. The molecular weight excluding hydrogens is 1090 g/mol. The average Bonchev–Trinajstić information content (AvgIpc) is 4.14. The van der Waals surface area contributed by atoms with Crippen molar-refractivity contribution in [2.75, 3.05) is 0 Å². The van der Waals surface area contributed by atoms with Crippen LogP contribution in [0.1, 0.15) is 101 Å². The lowest BCUT2D eigenvalue weighted by Crippen LogP contribution is -1.86. The van der Waals surface area contributed by atoms with E-state index in [9.17, 15) is 0 Å². The average molecular weight is 1180 g/mol. The Kier molecular flexibility index (Phi) is 35.5. The van der Waals surface area contributed by atoms with Gasteiger partial charge in [0.2, 0.25) is 0 Å².